The molecule has 1 heterocycles. The van der Waals surface area contributed by atoms with Crippen molar-refractivity contribution in [3.05, 3.63) is 29.8 Å². The average Bonchev–Trinajstić information content (AvgIpc) is 2.53. The zero-order valence-electron chi connectivity index (χ0n) is 12.5. The van der Waals surface area contributed by atoms with Crippen molar-refractivity contribution >= 4 is 18.0 Å². The van der Waals surface area contributed by atoms with E-state index in [0.29, 0.717) is 44.8 Å². The number of aldehydes is 1. The van der Waals surface area contributed by atoms with E-state index >= 15 is 0 Å². The summed E-state index contributed by atoms with van der Waals surface area (Å²) >= 11 is 0. The van der Waals surface area contributed by atoms with Gasteiger partial charge in [0.25, 0.3) is 0 Å². The first kappa shape index (κ1) is 17.3. The molecule has 1 fully saturated rings. The number of alkyl halides is 3. The van der Waals surface area contributed by atoms with E-state index in [0.717, 1.165) is 18.4 Å². The highest BCUT2D eigenvalue weighted by Gasteiger charge is 2.30. The van der Waals surface area contributed by atoms with Crippen molar-refractivity contribution in [2.75, 3.05) is 38.0 Å². The van der Waals surface area contributed by atoms with Gasteiger partial charge >= 0.3 is 12.2 Å². The standard InChI is InChI=1S/C15H18F3N3O2/c16-15(17,18)12-2-4-13(5-3-12)19-14(23)21-9-7-20(8-10-21)6-1-11-22/h2-5,11H,1,6-10H2,(H,19,23). The Balaban J connectivity index is 1.84. The summed E-state index contributed by atoms with van der Waals surface area (Å²) in [5.41, 5.74) is -0.425. The number of nitrogens with one attached hydrogen (secondary N) is 1. The van der Waals surface area contributed by atoms with E-state index in [9.17, 15) is 22.8 Å². The molecule has 1 N–H and O–H groups in total. The molecule has 2 amide bonds. The fourth-order valence-corrected chi connectivity index (χ4v) is 2.35. The summed E-state index contributed by atoms with van der Waals surface area (Å²) < 4.78 is 37.4. The van der Waals surface area contributed by atoms with Crippen molar-refractivity contribution in [3.63, 3.8) is 0 Å². The van der Waals surface area contributed by atoms with Crippen molar-refractivity contribution in [3.8, 4) is 0 Å². The molecule has 1 saturated heterocycles. The van der Waals surface area contributed by atoms with Gasteiger partial charge in [-0.25, -0.2) is 4.79 Å². The van der Waals surface area contributed by atoms with E-state index in [4.69, 9.17) is 0 Å². The Hall–Kier alpha value is -2.09. The van der Waals surface area contributed by atoms with Gasteiger partial charge in [-0.3, -0.25) is 4.90 Å². The van der Waals surface area contributed by atoms with Crippen molar-refractivity contribution < 1.29 is 22.8 Å². The highest BCUT2D eigenvalue weighted by molar-refractivity contribution is 5.89. The van der Waals surface area contributed by atoms with Crippen LogP contribution in [-0.2, 0) is 11.0 Å². The van der Waals surface area contributed by atoms with Crippen LogP contribution in [0.1, 0.15) is 12.0 Å². The second-order valence-corrected chi connectivity index (χ2v) is 5.29. The summed E-state index contributed by atoms with van der Waals surface area (Å²) in [6, 6.07) is 4.02. The molecule has 0 spiro atoms. The molecule has 0 aliphatic carbocycles. The summed E-state index contributed by atoms with van der Waals surface area (Å²) in [4.78, 5) is 26.1. The quantitative estimate of drug-likeness (QED) is 0.863. The third-order valence-corrected chi connectivity index (χ3v) is 3.69. The number of piperazine rings is 1. The number of anilines is 1. The summed E-state index contributed by atoms with van der Waals surface area (Å²) in [5.74, 6) is 0. The SMILES string of the molecule is O=CCCN1CCN(C(=O)Nc2ccc(C(F)(F)F)cc2)CC1. The van der Waals surface area contributed by atoms with Gasteiger partial charge in [0.05, 0.1) is 5.56 Å². The first-order chi connectivity index (χ1) is 10.9. The minimum absolute atomic E-state index is 0.325. The number of carbonyl (C=O) groups is 2. The molecule has 1 aromatic rings. The number of urea groups is 1. The molecule has 5 nitrogen and oxygen atoms in total. The number of carbonyl (C=O) groups excluding carboxylic acids is 2. The molecule has 1 aliphatic heterocycles. The van der Waals surface area contributed by atoms with Crippen LogP contribution in [0.4, 0.5) is 23.7 Å². The Kier molecular flexibility index (Phi) is 5.59. The van der Waals surface area contributed by atoms with Gasteiger partial charge in [0.2, 0.25) is 0 Å². The molecule has 0 saturated carbocycles. The van der Waals surface area contributed by atoms with Gasteiger partial charge in [0, 0.05) is 44.8 Å². The highest BCUT2D eigenvalue weighted by atomic mass is 19.4. The lowest BCUT2D eigenvalue weighted by atomic mass is 10.2. The van der Waals surface area contributed by atoms with E-state index in [2.05, 4.69) is 10.2 Å². The van der Waals surface area contributed by atoms with Crippen LogP contribution >= 0.6 is 0 Å². The highest BCUT2D eigenvalue weighted by Crippen LogP contribution is 2.29. The topological polar surface area (TPSA) is 52.7 Å². The molecule has 0 atom stereocenters. The fraction of sp³-hybridized carbons (Fsp3) is 0.467. The van der Waals surface area contributed by atoms with Crippen molar-refractivity contribution in [1.29, 1.82) is 0 Å². The normalized spacial score (nSPS) is 16.2. The van der Waals surface area contributed by atoms with Gasteiger partial charge in [-0.2, -0.15) is 13.2 Å². The van der Waals surface area contributed by atoms with E-state index in [-0.39, 0.29) is 6.03 Å². The van der Waals surface area contributed by atoms with Crippen LogP contribution < -0.4 is 5.32 Å². The number of hydrogen-bond donors (Lipinski definition) is 1. The molecule has 0 unspecified atom stereocenters. The Morgan fingerprint density at radius 2 is 1.74 bits per heavy atom. The fourth-order valence-electron chi connectivity index (χ4n) is 2.35. The molecule has 0 aromatic heterocycles. The van der Waals surface area contributed by atoms with Gasteiger partial charge in [-0.1, -0.05) is 0 Å². The van der Waals surface area contributed by atoms with Crippen LogP contribution in [0.2, 0.25) is 0 Å². The van der Waals surface area contributed by atoms with E-state index in [1.165, 1.54) is 12.1 Å². The Morgan fingerprint density at radius 1 is 1.13 bits per heavy atom. The van der Waals surface area contributed by atoms with Gasteiger partial charge in [0.1, 0.15) is 6.29 Å². The Labute approximate surface area is 132 Å². The minimum atomic E-state index is -4.39. The van der Waals surface area contributed by atoms with Gasteiger partial charge < -0.3 is 15.0 Å². The molecule has 1 aliphatic rings. The van der Waals surface area contributed by atoms with Crippen LogP contribution in [0.15, 0.2) is 24.3 Å². The van der Waals surface area contributed by atoms with Crippen molar-refractivity contribution in [2.45, 2.75) is 12.6 Å². The van der Waals surface area contributed by atoms with Crippen LogP contribution in [0.3, 0.4) is 0 Å². The summed E-state index contributed by atoms with van der Waals surface area (Å²) in [5, 5.41) is 2.59. The third kappa shape index (κ3) is 4.95. The number of benzene rings is 1. The van der Waals surface area contributed by atoms with E-state index in [1.807, 2.05) is 0 Å². The predicted octanol–water partition coefficient (Wildman–Crippen LogP) is 2.44. The van der Waals surface area contributed by atoms with Crippen LogP contribution in [0.5, 0.6) is 0 Å². The number of amides is 2. The predicted molar refractivity (Wildman–Crippen MR) is 79.2 cm³/mol. The lowest BCUT2D eigenvalue weighted by Gasteiger charge is -2.34. The van der Waals surface area contributed by atoms with E-state index < -0.39 is 11.7 Å². The molecular weight excluding hydrogens is 311 g/mol. The minimum Gasteiger partial charge on any atom is -0.322 e. The maximum absolute atomic E-state index is 12.5. The van der Waals surface area contributed by atoms with Gasteiger partial charge in [-0.15, -0.1) is 0 Å². The number of rotatable bonds is 4. The zero-order valence-corrected chi connectivity index (χ0v) is 12.5. The number of nitrogens with zero attached hydrogens (tertiary/aromatic N) is 2. The second-order valence-electron chi connectivity index (χ2n) is 5.29. The maximum Gasteiger partial charge on any atom is 0.416 e. The molecule has 23 heavy (non-hydrogen) atoms. The van der Waals surface area contributed by atoms with Crippen LogP contribution in [-0.4, -0.2) is 54.8 Å². The molecule has 8 heteroatoms. The lowest BCUT2D eigenvalue weighted by molar-refractivity contribution is -0.137. The van der Waals surface area contributed by atoms with Crippen molar-refractivity contribution in [2.24, 2.45) is 0 Å². The summed E-state index contributed by atoms with van der Waals surface area (Å²) in [7, 11) is 0. The van der Waals surface area contributed by atoms with Gasteiger partial charge in [-0.05, 0) is 24.3 Å². The largest absolute Gasteiger partial charge is 0.416 e. The van der Waals surface area contributed by atoms with Gasteiger partial charge in [0.15, 0.2) is 0 Å². The molecule has 0 bridgehead atoms. The first-order valence-electron chi connectivity index (χ1n) is 7.29. The summed E-state index contributed by atoms with van der Waals surface area (Å²) in [6.45, 7) is 3.07. The van der Waals surface area contributed by atoms with Crippen molar-refractivity contribution in [1.82, 2.24) is 9.80 Å². The van der Waals surface area contributed by atoms with E-state index in [1.54, 1.807) is 4.90 Å². The number of halogens is 3. The Bertz CT molecular complexity index is 538. The second kappa shape index (κ2) is 7.45. The monoisotopic (exact) mass is 329 g/mol. The Morgan fingerprint density at radius 3 is 2.26 bits per heavy atom. The molecule has 0 radical (unpaired) electrons. The van der Waals surface area contributed by atoms with Crippen LogP contribution in [0, 0.1) is 0 Å². The average molecular weight is 329 g/mol. The molecule has 2 rings (SSSR count). The first-order valence-corrected chi connectivity index (χ1v) is 7.29. The lowest BCUT2D eigenvalue weighted by Crippen LogP contribution is -2.50. The van der Waals surface area contributed by atoms with Crippen LogP contribution in [0.25, 0.3) is 0 Å². The maximum atomic E-state index is 12.5. The smallest absolute Gasteiger partial charge is 0.322 e. The number of hydrogen-bond acceptors (Lipinski definition) is 3. The third-order valence-electron chi connectivity index (χ3n) is 3.69. The molecular formula is C15H18F3N3O2. The summed E-state index contributed by atoms with van der Waals surface area (Å²) in [6.07, 6.45) is -3.05. The zero-order chi connectivity index (χ0) is 16.9. The molecule has 126 valence electrons. The molecule has 1 aromatic carbocycles.